The van der Waals surface area contributed by atoms with Gasteiger partial charge in [0, 0.05) is 17.6 Å². The van der Waals surface area contributed by atoms with E-state index in [2.05, 4.69) is 6.92 Å². The molecule has 100 valence electrons. The minimum atomic E-state index is 0.143. The zero-order chi connectivity index (χ0) is 13.4. The highest BCUT2D eigenvalue weighted by Crippen LogP contribution is 2.26. The summed E-state index contributed by atoms with van der Waals surface area (Å²) in [6.07, 6.45) is 3.47. The zero-order valence-electron chi connectivity index (χ0n) is 10.9. The van der Waals surface area contributed by atoms with Crippen LogP contribution in [-0.4, -0.2) is 19.8 Å². The van der Waals surface area contributed by atoms with Gasteiger partial charge in [0.15, 0.2) is 0 Å². The Morgan fingerprint density at radius 1 is 1.44 bits per heavy atom. The van der Waals surface area contributed by atoms with Crippen molar-refractivity contribution in [2.75, 3.05) is 13.7 Å². The van der Waals surface area contributed by atoms with E-state index >= 15 is 0 Å². The maximum atomic E-state index is 5.98. The van der Waals surface area contributed by atoms with Crippen LogP contribution >= 0.6 is 11.6 Å². The lowest BCUT2D eigenvalue weighted by molar-refractivity contribution is 0.351. The van der Waals surface area contributed by atoms with Gasteiger partial charge in [-0.3, -0.25) is 0 Å². The van der Waals surface area contributed by atoms with Crippen LogP contribution in [0, 0.1) is 0 Å². The number of hydrogen-bond acceptors (Lipinski definition) is 3. The van der Waals surface area contributed by atoms with Gasteiger partial charge in [-0.15, -0.1) is 0 Å². The molecule has 0 saturated heterocycles. The standard InChI is InChI=1S/C14H20ClNO2/c1-3-12(16)9-11-5-6-13(17-2)10-14(11)18-8-4-7-15/h4-7,10,12H,3,8-9,16H2,1-2H3. The molecule has 0 heterocycles. The summed E-state index contributed by atoms with van der Waals surface area (Å²) in [6, 6.07) is 5.93. The molecule has 1 unspecified atom stereocenters. The fourth-order valence-electron chi connectivity index (χ4n) is 1.57. The van der Waals surface area contributed by atoms with Gasteiger partial charge in [0.2, 0.25) is 0 Å². The van der Waals surface area contributed by atoms with Gasteiger partial charge in [0.05, 0.1) is 7.11 Å². The van der Waals surface area contributed by atoms with Crippen molar-refractivity contribution in [1.29, 1.82) is 0 Å². The molecule has 0 aliphatic heterocycles. The Labute approximate surface area is 114 Å². The number of methoxy groups -OCH3 is 1. The topological polar surface area (TPSA) is 44.5 Å². The molecule has 0 bridgehead atoms. The monoisotopic (exact) mass is 269 g/mol. The molecule has 0 aliphatic rings. The quantitative estimate of drug-likeness (QED) is 0.827. The molecule has 0 aliphatic carbocycles. The van der Waals surface area contributed by atoms with Crippen LogP contribution in [0.1, 0.15) is 18.9 Å². The Bertz CT molecular complexity index is 393. The number of benzene rings is 1. The van der Waals surface area contributed by atoms with Gasteiger partial charge >= 0.3 is 0 Å². The van der Waals surface area contributed by atoms with Crippen LogP contribution < -0.4 is 15.2 Å². The molecule has 18 heavy (non-hydrogen) atoms. The summed E-state index contributed by atoms with van der Waals surface area (Å²) in [5.41, 5.74) is 8.51. The predicted octanol–water partition coefficient (Wildman–Crippen LogP) is 3.11. The van der Waals surface area contributed by atoms with Crippen molar-refractivity contribution >= 4 is 11.6 Å². The molecule has 1 rings (SSSR count). The van der Waals surface area contributed by atoms with Crippen LogP contribution in [0.2, 0.25) is 0 Å². The Morgan fingerprint density at radius 2 is 2.22 bits per heavy atom. The van der Waals surface area contributed by atoms with Crippen molar-refractivity contribution in [3.63, 3.8) is 0 Å². The summed E-state index contributed by atoms with van der Waals surface area (Å²) in [7, 11) is 1.63. The van der Waals surface area contributed by atoms with Gasteiger partial charge in [-0.2, -0.15) is 0 Å². The summed E-state index contributed by atoms with van der Waals surface area (Å²) in [4.78, 5) is 0. The highest BCUT2D eigenvalue weighted by atomic mass is 35.5. The Morgan fingerprint density at radius 3 is 2.83 bits per heavy atom. The third-order valence-electron chi connectivity index (χ3n) is 2.70. The van der Waals surface area contributed by atoms with Gasteiger partial charge in [-0.05, 0) is 30.5 Å². The van der Waals surface area contributed by atoms with Gasteiger partial charge in [0.25, 0.3) is 0 Å². The molecule has 0 saturated carbocycles. The fraction of sp³-hybridized carbons (Fsp3) is 0.429. The first kappa shape index (κ1) is 14.9. The van der Waals surface area contributed by atoms with E-state index in [1.54, 1.807) is 13.2 Å². The largest absolute Gasteiger partial charge is 0.497 e. The second kappa shape index (κ2) is 8.01. The van der Waals surface area contributed by atoms with Crippen LogP contribution in [0.4, 0.5) is 0 Å². The first-order valence-corrected chi connectivity index (χ1v) is 6.45. The first-order chi connectivity index (χ1) is 8.71. The molecule has 2 N–H and O–H groups in total. The molecule has 0 aromatic heterocycles. The van der Waals surface area contributed by atoms with Crippen LogP contribution in [0.5, 0.6) is 11.5 Å². The number of ether oxygens (including phenoxy) is 2. The zero-order valence-corrected chi connectivity index (χ0v) is 11.6. The molecular weight excluding hydrogens is 250 g/mol. The molecule has 1 aromatic carbocycles. The minimum Gasteiger partial charge on any atom is -0.497 e. The maximum Gasteiger partial charge on any atom is 0.126 e. The van der Waals surface area contributed by atoms with E-state index in [-0.39, 0.29) is 6.04 Å². The predicted molar refractivity (Wildman–Crippen MR) is 75.5 cm³/mol. The Kier molecular flexibility index (Phi) is 6.61. The summed E-state index contributed by atoms with van der Waals surface area (Å²) in [5, 5.41) is 0. The van der Waals surface area contributed by atoms with Crippen molar-refractivity contribution in [3.8, 4) is 11.5 Å². The van der Waals surface area contributed by atoms with E-state index in [9.17, 15) is 0 Å². The van der Waals surface area contributed by atoms with E-state index in [0.29, 0.717) is 6.61 Å². The lowest BCUT2D eigenvalue weighted by atomic mass is 10.0. The molecular formula is C14H20ClNO2. The van der Waals surface area contributed by atoms with E-state index < -0.39 is 0 Å². The van der Waals surface area contributed by atoms with Crippen molar-refractivity contribution < 1.29 is 9.47 Å². The molecule has 4 heteroatoms. The van der Waals surface area contributed by atoms with Gasteiger partial charge in [-0.1, -0.05) is 24.6 Å². The maximum absolute atomic E-state index is 5.98. The SMILES string of the molecule is CCC(N)Cc1ccc(OC)cc1OCC=CCl. The molecule has 0 spiro atoms. The minimum absolute atomic E-state index is 0.143. The molecule has 1 atom stereocenters. The van der Waals surface area contributed by atoms with Crippen LogP contribution in [0.15, 0.2) is 29.8 Å². The number of halogens is 1. The average molecular weight is 270 g/mol. The van der Waals surface area contributed by atoms with Gasteiger partial charge in [0.1, 0.15) is 18.1 Å². The third-order valence-corrected chi connectivity index (χ3v) is 2.88. The number of rotatable bonds is 7. The van der Waals surface area contributed by atoms with Crippen LogP contribution in [-0.2, 0) is 6.42 Å². The lowest BCUT2D eigenvalue weighted by Crippen LogP contribution is -2.21. The van der Waals surface area contributed by atoms with E-state index in [4.69, 9.17) is 26.8 Å². The summed E-state index contributed by atoms with van der Waals surface area (Å²) >= 11 is 5.47. The highest BCUT2D eigenvalue weighted by molar-refractivity contribution is 6.25. The summed E-state index contributed by atoms with van der Waals surface area (Å²) in [6.45, 7) is 2.51. The first-order valence-electron chi connectivity index (χ1n) is 6.01. The molecule has 1 aromatic rings. The van der Waals surface area contributed by atoms with Crippen molar-refractivity contribution in [2.24, 2.45) is 5.73 Å². The second-order valence-corrected chi connectivity index (χ2v) is 4.27. The molecule has 0 amide bonds. The summed E-state index contributed by atoms with van der Waals surface area (Å²) < 4.78 is 10.9. The van der Waals surface area contributed by atoms with Crippen LogP contribution in [0.25, 0.3) is 0 Å². The number of nitrogens with two attached hydrogens (primary N) is 1. The normalized spacial score (nSPS) is 12.7. The van der Waals surface area contributed by atoms with Crippen molar-refractivity contribution in [2.45, 2.75) is 25.8 Å². The number of hydrogen-bond donors (Lipinski definition) is 1. The fourth-order valence-corrected chi connectivity index (χ4v) is 1.64. The lowest BCUT2D eigenvalue weighted by Gasteiger charge is -2.14. The van der Waals surface area contributed by atoms with Gasteiger partial charge < -0.3 is 15.2 Å². The van der Waals surface area contributed by atoms with E-state index in [1.807, 2.05) is 18.2 Å². The van der Waals surface area contributed by atoms with Crippen molar-refractivity contribution in [1.82, 2.24) is 0 Å². The second-order valence-electron chi connectivity index (χ2n) is 4.02. The van der Waals surface area contributed by atoms with E-state index in [0.717, 1.165) is 29.9 Å². The van der Waals surface area contributed by atoms with Crippen LogP contribution in [0.3, 0.4) is 0 Å². The molecule has 0 fully saturated rings. The smallest absolute Gasteiger partial charge is 0.126 e. The Hall–Kier alpha value is -1.19. The summed E-state index contributed by atoms with van der Waals surface area (Å²) in [5.74, 6) is 1.57. The Balaban J connectivity index is 2.85. The van der Waals surface area contributed by atoms with Crippen molar-refractivity contribution in [3.05, 3.63) is 35.4 Å². The average Bonchev–Trinajstić information content (AvgIpc) is 2.40. The highest BCUT2D eigenvalue weighted by Gasteiger charge is 2.09. The molecule has 3 nitrogen and oxygen atoms in total. The molecule has 0 radical (unpaired) electrons. The third kappa shape index (κ3) is 4.59. The van der Waals surface area contributed by atoms with E-state index in [1.165, 1.54) is 5.54 Å². The van der Waals surface area contributed by atoms with Gasteiger partial charge in [-0.25, -0.2) is 0 Å².